The number of hydrogen-bond acceptors (Lipinski definition) is 1. The van der Waals surface area contributed by atoms with Crippen molar-refractivity contribution in [3.8, 4) is 0 Å². The van der Waals surface area contributed by atoms with Gasteiger partial charge >= 0.3 is 0 Å². The van der Waals surface area contributed by atoms with Gasteiger partial charge in [-0.3, -0.25) is 0 Å². The van der Waals surface area contributed by atoms with Crippen molar-refractivity contribution in [1.29, 1.82) is 0 Å². The Bertz CT molecular complexity index is 478. The normalized spacial score (nSPS) is 12.2. The number of rotatable bonds is 9. The fourth-order valence-corrected chi connectivity index (χ4v) is 2.68. The van der Waals surface area contributed by atoms with Crippen LogP contribution in [0.2, 0.25) is 0 Å². The van der Waals surface area contributed by atoms with E-state index in [0.717, 1.165) is 32.5 Å². The summed E-state index contributed by atoms with van der Waals surface area (Å²) in [5, 5.41) is 0. The molecule has 0 saturated heterocycles. The minimum absolute atomic E-state index is 0.625. The van der Waals surface area contributed by atoms with Gasteiger partial charge < -0.3 is 4.74 Å². The fraction of sp³-hybridized carbons (Fsp3) is 0.400. The largest absolute Gasteiger partial charge is 0.381 e. The van der Waals surface area contributed by atoms with Gasteiger partial charge in [0, 0.05) is 13.2 Å². The molecule has 1 atom stereocenters. The molecule has 1 heteroatoms. The number of ether oxygens (including phenoxy) is 1. The minimum Gasteiger partial charge on any atom is -0.381 e. The third kappa shape index (κ3) is 5.73. The van der Waals surface area contributed by atoms with E-state index in [1.807, 2.05) is 0 Å². The van der Waals surface area contributed by atoms with Crippen molar-refractivity contribution in [1.82, 2.24) is 0 Å². The molecule has 0 N–H and O–H groups in total. The first-order valence-electron chi connectivity index (χ1n) is 8.06. The van der Waals surface area contributed by atoms with E-state index in [1.54, 1.807) is 0 Å². The molecule has 0 fully saturated rings. The molecule has 1 unspecified atom stereocenters. The van der Waals surface area contributed by atoms with Crippen LogP contribution >= 0.6 is 0 Å². The quantitative estimate of drug-likeness (QED) is 0.573. The molecule has 112 valence electrons. The zero-order valence-electron chi connectivity index (χ0n) is 13.0. The van der Waals surface area contributed by atoms with Crippen molar-refractivity contribution in [2.75, 3.05) is 13.2 Å². The lowest BCUT2D eigenvalue weighted by Crippen LogP contribution is -2.05. The fourth-order valence-electron chi connectivity index (χ4n) is 2.68. The maximum atomic E-state index is 5.81. The summed E-state index contributed by atoms with van der Waals surface area (Å²) in [5.74, 6) is 0.625. The van der Waals surface area contributed by atoms with Gasteiger partial charge in [0.15, 0.2) is 0 Å². The lowest BCUT2D eigenvalue weighted by atomic mass is 9.94. The molecule has 2 aromatic rings. The molecule has 0 heterocycles. The van der Waals surface area contributed by atoms with Crippen LogP contribution in [0.15, 0.2) is 60.7 Å². The van der Waals surface area contributed by atoms with E-state index in [-0.39, 0.29) is 0 Å². The molecule has 2 aromatic carbocycles. The van der Waals surface area contributed by atoms with Crippen LogP contribution in [0.4, 0.5) is 0 Å². The molecule has 2 rings (SSSR count). The lowest BCUT2D eigenvalue weighted by Gasteiger charge is -2.15. The SMILES string of the molecule is CCC(CCOCCCc1ccccc1)c1ccccc1. The summed E-state index contributed by atoms with van der Waals surface area (Å²) in [6, 6.07) is 21.4. The summed E-state index contributed by atoms with van der Waals surface area (Å²) in [7, 11) is 0. The van der Waals surface area contributed by atoms with Gasteiger partial charge in [-0.1, -0.05) is 67.6 Å². The Morgan fingerprint density at radius 3 is 2.19 bits per heavy atom. The molecule has 0 radical (unpaired) electrons. The van der Waals surface area contributed by atoms with Crippen LogP contribution in [0, 0.1) is 0 Å². The number of hydrogen-bond donors (Lipinski definition) is 0. The predicted molar refractivity (Wildman–Crippen MR) is 89.7 cm³/mol. The monoisotopic (exact) mass is 282 g/mol. The van der Waals surface area contributed by atoms with E-state index in [1.165, 1.54) is 17.5 Å². The Morgan fingerprint density at radius 2 is 1.52 bits per heavy atom. The van der Waals surface area contributed by atoms with Gasteiger partial charge in [0.05, 0.1) is 0 Å². The third-order valence-corrected chi connectivity index (χ3v) is 3.97. The second-order valence-electron chi connectivity index (χ2n) is 5.51. The van der Waals surface area contributed by atoms with Crippen molar-refractivity contribution in [2.45, 2.75) is 38.5 Å². The molecule has 0 bridgehead atoms. The number of benzene rings is 2. The first kappa shape index (κ1) is 15.8. The topological polar surface area (TPSA) is 9.23 Å². The van der Waals surface area contributed by atoms with Gasteiger partial charge in [-0.15, -0.1) is 0 Å². The molecular formula is C20H26O. The smallest absolute Gasteiger partial charge is 0.0471 e. The molecule has 0 spiro atoms. The lowest BCUT2D eigenvalue weighted by molar-refractivity contribution is 0.124. The van der Waals surface area contributed by atoms with E-state index >= 15 is 0 Å². The van der Waals surface area contributed by atoms with Crippen LogP contribution in [-0.4, -0.2) is 13.2 Å². The van der Waals surface area contributed by atoms with Crippen molar-refractivity contribution in [2.24, 2.45) is 0 Å². The Kier molecular flexibility index (Phi) is 7.03. The van der Waals surface area contributed by atoms with Crippen molar-refractivity contribution in [3.63, 3.8) is 0 Å². The van der Waals surface area contributed by atoms with Gasteiger partial charge in [-0.05, 0) is 42.7 Å². The molecule has 0 aliphatic heterocycles. The summed E-state index contributed by atoms with van der Waals surface area (Å²) in [5.41, 5.74) is 2.84. The average Bonchev–Trinajstić information content (AvgIpc) is 2.56. The van der Waals surface area contributed by atoms with E-state index in [0.29, 0.717) is 5.92 Å². The summed E-state index contributed by atoms with van der Waals surface area (Å²) in [6.45, 7) is 3.98. The van der Waals surface area contributed by atoms with Crippen LogP contribution in [0.5, 0.6) is 0 Å². The Hall–Kier alpha value is -1.60. The van der Waals surface area contributed by atoms with E-state index in [9.17, 15) is 0 Å². The first-order chi connectivity index (χ1) is 10.4. The average molecular weight is 282 g/mol. The zero-order chi connectivity index (χ0) is 14.8. The highest BCUT2D eigenvalue weighted by atomic mass is 16.5. The van der Waals surface area contributed by atoms with E-state index in [2.05, 4.69) is 67.6 Å². The predicted octanol–water partition coefficient (Wildman–Crippen LogP) is 5.22. The van der Waals surface area contributed by atoms with Gasteiger partial charge in [0.1, 0.15) is 0 Å². The van der Waals surface area contributed by atoms with Gasteiger partial charge in [-0.25, -0.2) is 0 Å². The van der Waals surface area contributed by atoms with E-state index in [4.69, 9.17) is 4.74 Å². The molecule has 0 aliphatic rings. The van der Waals surface area contributed by atoms with Crippen LogP contribution in [-0.2, 0) is 11.2 Å². The second-order valence-corrected chi connectivity index (χ2v) is 5.51. The second kappa shape index (κ2) is 9.36. The van der Waals surface area contributed by atoms with Gasteiger partial charge in [0.2, 0.25) is 0 Å². The standard InChI is InChI=1S/C20H26O/c1-2-19(20-13-7-4-8-14-20)15-17-21-16-9-12-18-10-5-3-6-11-18/h3-8,10-11,13-14,19H,2,9,12,15-17H2,1H3. The molecule has 0 saturated carbocycles. The first-order valence-corrected chi connectivity index (χ1v) is 8.06. The van der Waals surface area contributed by atoms with Crippen molar-refractivity contribution >= 4 is 0 Å². The van der Waals surface area contributed by atoms with Crippen LogP contribution in [0.25, 0.3) is 0 Å². The van der Waals surface area contributed by atoms with Crippen LogP contribution in [0.3, 0.4) is 0 Å². The third-order valence-electron chi connectivity index (χ3n) is 3.97. The summed E-state index contributed by atoms with van der Waals surface area (Å²) in [4.78, 5) is 0. The maximum Gasteiger partial charge on any atom is 0.0471 e. The molecule has 0 aliphatic carbocycles. The molecule has 0 amide bonds. The van der Waals surface area contributed by atoms with Crippen molar-refractivity contribution in [3.05, 3.63) is 71.8 Å². The zero-order valence-corrected chi connectivity index (χ0v) is 13.0. The number of aryl methyl sites for hydroxylation is 1. The molecule has 1 nitrogen and oxygen atoms in total. The van der Waals surface area contributed by atoms with Crippen molar-refractivity contribution < 1.29 is 4.74 Å². The van der Waals surface area contributed by atoms with Crippen LogP contribution < -0.4 is 0 Å². The summed E-state index contributed by atoms with van der Waals surface area (Å²) in [6.07, 6.45) is 4.51. The molecule has 21 heavy (non-hydrogen) atoms. The van der Waals surface area contributed by atoms with Gasteiger partial charge in [0.25, 0.3) is 0 Å². The highest BCUT2D eigenvalue weighted by Crippen LogP contribution is 2.22. The Labute approximate surface area is 129 Å². The van der Waals surface area contributed by atoms with Gasteiger partial charge in [-0.2, -0.15) is 0 Å². The molecule has 0 aromatic heterocycles. The van der Waals surface area contributed by atoms with E-state index < -0.39 is 0 Å². The maximum absolute atomic E-state index is 5.81. The molecular weight excluding hydrogens is 256 g/mol. The summed E-state index contributed by atoms with van der Waals surface area (Å²) >= 11 is 0. The highest BCUT2D eigenvalue weighted by molar-refractivity contribution is 5.19. The minimum atomic E-state index is 0.625. The van der Waals surface area contributed by atoms with Crippen LogP contribution in [0.1, 0.15) is 43.2 Å². The Morgan fingerprint density at radius 1 is 0.857 bits per heavy atom. The summed E-state index contributed by atoms with van der Waals surface area (Å²) < 4.78 is 5.81. The highest BCUT2D eigenvalue weighted by Gasteiger charge is 2.08. The Balaban J connectivity index is 1.61.